The number of rotatable bonds is 4. The van der Waals surface area contributed by atoms with E-state index >= 15 is 0 Å². The van der Waals surface area contributed by atoms with Crippen LogP contribution in [0.15, 0.2) is 41.3 Å². The first-order valence-electron chi connectivity index (χ1n) is 6.08. The number of hydrogen-bond acceptors (Lipinski definition) is 3. The predicted molar refractivity (Wildman–Crippen MR) is 78.7 cm³/mol. The third kappa shape index (κ3) is 3.17. The minimum Gasteiger partial charge on any atom is -0.496 e. The maximum Gasteiger partial charge on any atom is 0.124 e. The van der Waals surface area contributed by atoms with Crippen LogP contribution in [0.25, 0.3) is 0 Å². The van der Waals surface area contributed by atoms with Gasteiger partial charge in [0.1, 0.15) is 11.6 Å². The molecule has 20 heavy (non-hydrogen) atoms. The summed E-state index contributed by atoms with van der Waals surface area (Å²) in [6.07, 6.45) is 0. The van der Waals surface area contributed by atoms with E-state index in [9.17, 15) is 8.60 Å². The van der Waals surface area contributed by atoms with Crippen LogP contribution in [-0.2, 0) is 16.6 Å². The van der Waals surface area contributed by atoms with Gasteiger partial charge < -0.3 is 10.5 Å². The molecule has 0 radical (unpaired) electrons. The Kier molecular flexibility index (Phi) is 4.39. The first kappa shape index (κ1) is 14.5. The van der Waals surface area contributed by atoms with Gasteiger partial charge in [0.05, 0.1) is 28.6 Å². The van der Waals surface area contributed by atoms with Gasteiger partial charge in [-0.2, -0.15) is 0 Å². The molecule has 2 rings (SSSR count). The molecule has 2 N–H and O–H groups in total. The van der Waals surface area contributed by atoms with Crippen molar-refractivity contribution in [2.45, 2.75) is 17.6 Å². The highest BCUT2D eigenvalue weighted by Gasteiger charge is 2.13. The van der Waals surface area contributed by atoms with Gasteiger partial charge in [-0.3, -0.25) is 4.21 Å². The topological polar surface area (TPSA) is 52.3 Å². The minimum atomic E-state index is -1.42. The number of aryl methyl sites for hydroxylation is 1. The average Bonchev–Trinajstić information content (AvgIpc) is 2.41. The zero-order chi connectivity index (χ0) is 14.7. The molecule has 3 nitrogen and oxygen atoms in total. The molecule has 0 heterocycles. The van der Waals surface area contributed by atoms with Gasteiger partial charge in [-0.25, -0.2) is 4.39 Å². The molecule has 0 amide bonds. The van der Waals surface area contributed by atoms with E-state index < -0.39 is 16.6 Å². The summed E-state index contributed by atoms with van der Waals surface area (Å²) >= 11 is 0. The normalized spacial score (nSPS) is 12.2. The van der Waals surface area contributed by atoms with Crippen LogP contribution in [0.2, 0.25) is 0 Å². The molecule has 0 aliphatic rings. The van der Waals surface area contributed by atoms with Crippen LogP contribution < -0.4 is 10.5 Å². The van der Waals surface area contributed by atoms with E-state index in [4.69, 9.17) is 10.5 Å². The molecule has 2 aromatic carbocycles. The van der Waals surface area contributed by atoms with Crippen LogP contribution in [0.1, 0.15) is 11.1 Å². The summed E-state index contributed by atoms with van der Waals surface area (Å²) < 4.78 is 30.9. The smallest absolute Gasteiger partial charge is 0.124 e. The maximum atomic E-state index is 13.2. The highest BCUT2D eigenvalue weighted by atomic mass is 32.2. The summed E-state index contributed by atoms with van der Waals surface area (Å²) in [5.74, 6) is 0.455. The second-order valence-electron chi connectivity index (χ2n) is 4.49. The van der Waals surface area contributed by atoms with Gasteiger partial charge in [-0.15, -0.1) is 0 Å². The van der Waals surface area contributed by atoms with E-state index in [1.807, 2.05) is 25.1 Å². The van der Waals surface area contributed by atoms with E-state index in [0.29, 0.717) is 16.3 Å². The van der Waals surface area contributed by atoms with E-state index in [0.717, 1.165) is 11.1 Å². The lowest BCUT2D eigenvalue weighted by atomic mass is 10.1. The van der Waals surface area contributed by atoms with Gasteiger partial charge in [-0.1, -0.05) is 17.7 Å². The highest BCUT2D eigenvalue weighted by Crippen LogP contribution is 2.25. The van der Waals surface area contributed by atoms with Crippen molar-refractivity contribution in [2.75, 3.05) is 12.8 Å². The quantitative estimate of drug-likeness (QED) is 0.882. The fraction of sp³-hybridized carbons (Fsp3) is 0.200. The van der Waals surface area contributed by atoms with Gasteiger partial charge in [0, 0.05) is 11.3 Å². The maximum absolute atomic E-state index is 13.2. The summed E-state index contributed by atoms with van der Waals surface area (Å²) in [5.41, 5.74) is 7.94. The molecular formula is C15H16FNO2S. The molecular weight excluding hydrogens is 277 g/mol. The number of ether oxygens (including phenoxy) is 1. The summed E-state index contributed by atoms with van der Waals surface area (Å²) in [6.45, 7) is 1.95. The first-order chi connectivity index (χ1) is 9.51. The van der Waals surface area contributed by atoms with E-state index in [2.05, 4.69) is 0 Å². The number of methoxy groups -OCH3 is 1. The van der Waals surface area contributed by atoms with E-state index in [-0.39, 0.29) is 5.75 Å². The van der Waals surface area contributed by atoms with E-state index in [1.54, 1.807) is 7.11 Å². The second-order valence-corrected chi connectivity index (χ2v) is 5.91. The predicted octanol–water partition coefficient (Wildman–Crippen LogP) is 3.03. The molecule has 0 fully saturated rings. The molecule has 0 bridgehead atoms. The van der Waals surface area contributed by atoms with Crippen molar-refractivity contribution in [1.82, 2.24) is 0 Å². The third-order valence-electron chi connectivity index (χ3n) is 2.94. The van der Waals surface area contributed by atoms with Crippen molar-refractivity contribution >= 4 is 16.5 Å². The van der Waals surface area contributed by atoms with Crippen molar-refractivity contribution in [1.29, 1.82) is 0 Å². The number of benzene rings is 2. The van der Waals surface area contributed by atoms with Crippen LogP contribution >= 0.6 is 0 Å². The Hall–Kier alpha value is -1.88. The molecule has 0 aliphatic heterocycles. The lowest BCUT2D eigenvalue weighted by Gasteiger charge is -2.10. The van der Waals surface area contributed by atoms with Gasteiger partial charge >= 0.3 is 0 Å². The van der Waals surface area contributed by atoms with Gasteiger partial charge in [-0.05, 0) is 31.2 Å². The fourth-order valence-corrected chi connectivity index (χ4v) is 3.18. The summed E-state index contributed by atoms with van der Waals surface area (Å²) in [6, 6.07) is 9.55. The van der Waals surface area contributed by atoms with Crippen molar-refractivity contribution in [3.8, 4) is 5.75 Å². The number of halogens is 1. The molecule has 0 aromatic heterocycles. The van der Waals surface area contributed by atoms with Gasteiger partial charge in [0.2, 0.25) is 0 Å². The van der Waals surface area contributed by atoms with Crippen LogP contribution in [0.5, 0.6) is 5.75 Å². The molecule has 0 aliphatic carbocycles. The van der Waals surface area contributed by atoms with Gasteiger partial charge in [0.25, 0.3) is 0 Å². The van der Waals surface area contributed by atoms with Crippen LogP contribution in [-0.4, -0.2) is 11.3 Å². The third-order valence-corrected chi connectivity index (χ3v) is 4.36. The van der Waals surface area contributed by atoms with Crippen molar-refractivity contribution in [3.05, 3.63) is 53.3 Å². The zero-order valence-corrected chi connectivity index (χ0v) is 12.2. The number of nitrogens with two attached hydrogens (primary N) is 1. The Labute approximate surface area is 120 Å². The Bertz CT molecular complexity index is 658. The summed E-state index contributed by atoms with van der Waals surface area (Å²) in [7, 11) is 0.142. The molecule has 0 spiro atoms. The molecule has 1 unspecified atom stereocenters. The SMILES string of the molecule is COc1ccc(C)cc1CS(=O)c1cc(F)ccc1N. The van der Waals surface area contributed by atoms with Crippen LogP contribution in [0, 0.1) is 12.7 Å². The second kappa shape index (κ2) is 6.05. The Morgan fingerprint density at radius 3 is 2.70 bits per heavy atom. The number of nitrogen functional groups attached to an aromatic ring is 1. The van der Waals surface area contributed by atoms with Crippen molar-refractivity contribution in [2.24, 2.45) is 0 Å². The molecule has 2 aromatic rings. The molecule has 1 atom stereocenters. The average molecular weight is 293 g/mol. The zero-order valence-electron chi connectivity index (χ0n) is 11.4. The largest absolute Gasteiger partial charge is 0.496 e. The number of hydrogen-bond donors (Lipinski definition) is 1. The first-order valence-corrected chi connectivity index (χ1v) is 7.40. The van der Waals surface area contributed by atoms with Crippen molar-refractivity contribution in [3.63, 3.8) is 0 Å². The Morgan fingerprint density at radius 2 is 2.00 bits per heavy atom. The highest BCUT2D eigenvalue weighted by molar-refractivity contribution is 7.84. The standard InChI is InChI=1S/C15H16FNO2S/c1-10-3-6-14(19-2)11(7-10)9-20(18)15-8-12(16)4-5-13(15)17/h3-8H,9,17H2,1-2H3. The lowest BCUT2D eigenvalue weighted by Crippen LogP contribution is -2.03. The Morgan fingerprint density at radius 1 is 1.25 bits per heavy atom. The van der Waals surface area contributed by atoms with E-state index in [1.165, 1.54) is 18.2 Å². The van der Waals surface area contributed by atoms with Crippen molar-refractivity contribution < 1.29 is 13.3 Å². The molecule has 106 valence electrons. The monoisotopic (exact) mass is 293 g/mol. The summed E-state index contributed by atoms with van der Waals surface area (Å²) in [4.78, 5) is 0.313. The van der Waals surface area contributed by atoms with Gasteiger partial charge in [0.15, 0.2) is 0 Å². The fourth-order valence-electron chi connectivity index (χ4n) is 1.94. The Balaban J connectivity index is 2.32. The number of anilines is 1. The molecule has 0 saturated heterocycles. The lowest BCUT2D eigenvalue weighted by molar-refractivity contribution is 0.411. The van der Waals surface area contributed by atoms with Crippen LogP contribution in [0.3, 0.4) is 0 Å². The molecule has 0 saturated carbocycles. The summed E-state index contributed by atoms with van der Waals surface area (Å²) in [5, 5.41) is 0. The minimum absolute atomic E-state index is 0.235. The van der Waals surface area contributed by atoms with Crippen LogP contribution in [0.4, 0.5) is 10.1 Å². The molecule has 5 heteroatoms.